The minimum absolute atomic E-state index is 0.195. The zero-order chi connectivity index (χ0) is 25.3. The maximum Gasteiger partial charge on any atom is 0.285 e. The molecule has 8 nitrogen and oxygen atoms in total. The molecule has 0 fully saturated rings. The number of carbonyl (C=O) groups excluding carboxylic acids is 2. The number of hydrogen-bond donors (Lipinski definition) is 1. The maximum absolute atomic E-state index is 12.7. The number of benzene rings is 3. The summed E-state index contributed by atoms with van der Waals surface area (Å²) < 4.78 is 5.96. The molecule has 1 heterocycles. The molecule has 1 unspecified atom stereocenters. The second-order valence-corrected chi connectivity index (χ2v) is 8.38. The first-order valence-corrected chi connectivity index (χ1v) is 11.0. The Labute approximate surface area is 213 Å². The number of halogens is 3. The summed E-state index contributed by atoms with van der Waals surface area (Å²) in [5.74, 6) is -2.22. The zero-order valence-corrected chi connectivity index (χ0v) is 19.7. The maximum atomic E-state index is 12.7. The summed E-state index contributed by atoms with van der Waals surface area (Å²) in [4.78, 5) is 30.9. The second kappa shape index (κ2) is 9.83. The number of rotatable bonds is 6. The molecule has 35 heavy (non-hydrogen) atoms. The van der Waals surface area contributed by atoms with Gasteiger partial charge < -0.3 is 9.84 Å². The molecule has 0 radical (unpaired) electrons. The molecule has 1 atom stereocenters. The fourth-order valence-corrected chi connectivity index (χ4v) is 3.96. The van der Waals surface area contributed by atoms with E-state index in [1.54, 1.807) is 48.5 Å². The summed E-state index contributed by atoms with van der Waals surface area (Å²) in [5.41, 5.74) is 0.0984. The molecule has 11 heteroatoms. The Bertz CT molecular complexity index is 1410. The van der Waals surface area contributed by atoms with Crippen LogP contribution < -0.4 is 4.74 Å². The zero-order valence-electron chi connectivity index (χ0n) is 17.5. The largest absolute Gasteiger partial charge is 0.505 e. The third kappa shape index (κ3) is 4.37. The molecule has 1 N–H and O–H groups in total. The molecule has 0 aliphatic carbocycles. The first kappa shape index (κ1) is 24.3. The number of phenolic OH excluding ortho intramolecular Hbond substituents is 1. The summed E-state index contributed by atoms with van der Waals surface area (Å²) in [6.45, 7) is -0.380. The fourth-order valence-electron chi connectivity index (χ4n) is 3.43. The van der Waals surface area contributed by atoms with Crippen molar-refractivity contribution in [3.05, 3.63) is 91.4 Å². The summed E-state index contributed by atoms with van der Waals surface area (Å²) in [6.07, 6.45) is -1.05. The summed E-state index contributed by atoms with van der Waals surface area (Å²) in [7, 11) is 0. The molecular formula is C24H12Cl3N3O5. The molecule has 0 aromatic heterocycles. The van der Waals surface area contributed by atoms with E-state index in [-0.39, 0.29) is 39.1 Å². The van der Waals surface area contributed by atoms with Gasteiger partial charge in [0.2, 0.25) is 0 Å². The molecule has 3 aromatic carbocycles. The molecule has 0 bridgehead atoms. The Kier molecular flexibility index (Phi) is 6.83. The van der Waals surface area contributed by atoms with Crippen LogP contribution in [-0.2, 0) is 4.84 Å². The summed E-state index contributed by atoms with van der Waals surface area (Å²) in [5, 5.41) is 29.5. The molecule has 4 rings (SSSR count). The van der Waals surface area contributed by atoms with Crippen molar-refractivity contribution in [1.82, 2.24) is 5.06 Å². The Hall–Kier alpha value is -3.79. The molecule has 1 aliphatic heterocycles. The van der Waals surface area contributed by atoms with Crippen molar-refractivity contribution in [1.29, 1.82) is 10.5 Å². The van der Waals surface area contributed by atoms with Gasteiger partial charge in [-0.3, -0.25) is 14.4 Å². The summed E-state index contributed by atoms with van der Waals surface area (Å²) in [6, 6.07) is 16.1. The number of carbonyl (C=O) groups is 2. The Balaban J connectivity index is 1.70. The van der Waals surface area contributed by atoms with Crippen LogP contribution in [0.2, 0.25) is 15.1 Å². The molecule has 0 saturated carbocycles. The van der Waals surface area contributed by atoms with Crippen molar-refractivity contribution < 1.29 is 24.3 Å². The molecule has 2 amide bonds. The van der Waals surface area contributed by atoms with Crippen LogP contribution >= 0.6 is 34.8 Å². The lowest BCUT2D eigenvalue weighted by molar-refractivity contribution is -0.113. The van der Waals surface area contributed by atoms with E-state index in [1.807, 2.05) is 0 Å². The fraction of sp³-hybridized carbons (Fsp3) is 0.0833. The first-order valence-electron chi connectivity index (χ1n) is 9.85. The lowest BCUT2D eigenvalue weighted by Crippen LogP contribution is -2.32. The standard InChI is InChI=1S/C24H12Cl3N3O5/c25-13-7-5-12(6-8-13)18(11-34-30-23(32)14-3-1-2-4-15(14)24(30)33)35-22-17(10-29)16(9-28)21(31)19(26)20(22)27/h1-8,18,31H,11H2. The number of imide groups is 1. The van der Waals surface area contributed by atoms with Gasteiger partial charge >= 0.3 is 0 Å². The first-order chi connectivity index (χ1) is 16.8. The summed E-state index contributed by atoms with van der Waals surface area (Å²) >= 11 is 18.3. The Morgan fingerprint density at radius 3 is 2.00 bits per heavy atom. The van der Waals surface area contributed by atoms with Crippen molar-refractivity contribution in [2.75, 3.05) is 6.61 Å². The van der Waals surface area contributed by atoms with Gasteiger partial charge in [0, 0.05) is 5.02 Å². The number of nitrogens with zero attached hydrogens (tertiary/aromatic N) is 3. The van der Waals surface area contributed by atoms with Gasteiger partial charge in [-0.15, -0.1) is 5.06 Å². The SMILES string of the molecule is N#Cc1c(O)c(Cl)c(Cl)c(OC(CON2C(=O)c3ccccc3C2=O)c2ccc(Cl)cc2)c1C#N. The number of phenols is 1. The monoisotopic (exact) mass is 527 g/mol. The third-order valence-corrected chi connectivity index (χ3v) is 6.23. The van der Waals surface area contributed by atoms with Crippen LogP contribution in [0, 0.1) is 22.7 Å². The third-order valence-electron chi connectivity index (χ3n) is 5.15. The van der Waals surface area contributed by atoms with E-state index in [0.29, 0.717) is 15.6 Å². The number of amides is 2. The number of fused-ring (bicyclic) bond motifs is 1. The molecule has 0 spiro atoms. The molecule has 1 aliphatic rings. The van der Waals surface area contributed by atoms with Gasteiger partial charge in [-0.2, -0.15) is 10.5 Å². The van der Waals surface area contributed by atoms with Crippen molar-refractivity contribution in [3.8, 4) is 23.6 Å². The predicted octanol–water partition coefficient (Wildman–Crippen LogP) is 5.44. The minimum Gasteiger partial charge on any atom is -0.505 e. The van der Waals surface area contributed by atoms with Crippen molar-refractivity contribution in [3.63, 3.8) is 0 Å². The van der Waals surface area contributed by atoms with Crippen LogP contribution in [-0.4, -0.2) is 28.6 Å². The number of hydroxylamine groups is 2. The highest BCUT2D eigenvalue weighted by atomic mass is 35.5. The lowest BCUT2D eigenvalue weighted by Gasteiger charge is -2.24. The van der Waals surface area contributed by atoms with Crippen LogP contribution in [0.4, 0.5) is 0 Å². The van der Waals surface area contributed by atoms with E-state index in [2.05, 4.69) is 0 Å². The second-order valence-electron chi connectivity index (χ2n) is 7.18. The van der Waals surface area contributed by atoms with Crippen molar-refractivity contribution >= 4 is 46.6 Å². The normalized spacial score (nSPS) is 13.2. The number of hydrogen-bond acceptors (Lipinski definition) is 7. The van der Waals surface area contributed by atoms with Crippen LogP contribution in [0.5, 0.6) is 11.5 Å². The van der Waals surface area contributed by atoms with Gasteiger partial charge in [0.1, 0.15) is 46.0 Å². The van der Waals surface area contributed by atoms with Gasteiger partial charge in [0.25, 0.3) is 11.8 Å². The molecule has 174 valence electrons. The Morgan fingerprint density at radius 1 is 0.886 bits per heavy atom. The molecule has 3 aromatic rings. The van der Waals surface area contributed by atoms with Gasteiger partial charge in [-0.1, -0.05) is 59.1 Å². The van der Waals surface area contributed by atoms with E-state index >= 15 is 0 Å². The Morgan fingerprint density at radius 2 is 1.46 bits per heavy atom. The van der Waals surface area contributed by atoms with Crippen LogP contribution in [0.25, 0.3) is 0 Å². The van der Waals surface area contributed by atoms with E-state index in [1.165, 1.54) is 12.1 Å². The highest BCUT2D eigenvalue weighted by molar-refractivity contribution is 6.44. The highest BCUT2D eigenvalue weighted by Gasteiger charge is 2.37. The highest BCUT2D eigenvalue weighted by Crippen LogP contribution is 2.45. The lowest BCUT2D eigenvalue weighted by atomic mass is 10.1. The van der Waals surface area contributed by atoms with Crippen LogP contribution in [0.1, 0.15) is 43.5 Å². The van der Waals surface area contributed by atoms with E-state index in [0.717, 1.165) is 0 Å². The average molecular weight is 529 g/mol. The van der Waals surface area contributed by atoms with Gasteiger partial charge in [-0.05, 0) is 29.8 Å². The van der Waals surface area contributed by atoms with Gasteiger partial charge in [0.05, 0.1) is 11.1 Å². The molecular weight excluding hydrogens is 517 g/mol. The number of aromatic hydroxyl groups is 1. The van der Waals surface area contributed by atoms with E-state index in [4.69, 9.17) is 44.4 Å². The smallest absolute Gasteiger partial charge is 0.285 e. The minimum atomic E-state index is -1.05. The average Bonchev–Trinajstić information content (AvgIpc) is 3.11. The number of ether oxygens (including phenoxy) is 1. The van der Waals surface area contributed by atoms with Gasteiger partial charge in [-0.25, -0.2) is 0 Å². The van der Waals surface area contributed by atoms with Crippen molar-refractivity contribution in [2.45, 2.75) is 6.10 Å². The topological polar surface area (TPSA) is 124 Å². The number of nitriles is 2. The molecule has 0 saturated heterocycles. The quantitative estimate of drug-likeness (QED) is 0.422. The van der Waals surface area contributed by atoms with E-state index in [9.17, 15) is 25.2 Å². The van der Waals surface area contributed by atoms with Crippen LogP contribution in [0.15, 0.2) is 48.5 Å². The van der Waals surface area contributed by atoms with E-state index < -0.39 is 29.2 Å². The van der Waals surface area contributed by atoms with Crippen molar-refractivity contribution in [2.24, 2.45) is 0 Å². The van der Waals surface area contributed by atoms with Gasteiger partial charge in [0.15, 0.2) is 11.5 Å². The van der Waals surface area contributed by atoms with Crippen LogP contribution in [0.3, 0.4) is 0 Å². The predicted molar refractivity (Wildman–Crippen MR) is 125 cm³/mol.